The third-order valence-corrected chi connectivity index (χ3v) is 17.8. The second-order valence-corrected chi connectivity index (χ2v) is 25.5. The molecule has 80 heavy (non-hydrogen) atoms. The summed E-state index contributed by atoms with van der Waals surface area (Å²) < 4.78 is 163. The molecule has 5 aromatic carbocycles. The fourth-order valence-electron chi connectivity index (χ4n) is 10.7. The van der Waals surface area contributed by atoms with Gasteiger partial charge in [-0.15, -0.1) is 5.06 Å². The summed E-state index contributed by atoms with van der Waals surface area (Å²) >= 11 is 0. The monoisotopic (exact) mass is 1180 g/mol. The second kappa shape index (κ2) is 22.7. The lowest BCUT2D eigenvalue weighted by Gasteiger charge is -2.30. The van der Waals surface area contributed by atoms with Crippen LogP contribution in [0.2, 0.25) is 0 Å². The summed E-state index contributed by atoms with van der Waals surface area (Å²) in [5, 5.41) is 1.49. The van der Waals surface area contributed by atoms with E-state index in [0.29, 0.717) is 63.9 Å². The molecule has 2 amide bonds. The zero-order chi connectivity index (χ0) is 58.3. The van der Waals surface area contributed by atoms with Crippen LogP contribution in [0.3, 0.4) is 0 Å². The Bertz CT molecular complexity index is 3950. The summed E-state index contributed by atoms with van der Waals surface area (Å²) in [6, 6.07) is 18.0. The van der Waals surface area contributed by atoms with E-state index >= 15 is 0 Å². The number of hydroxylamine groups is 2. The molecule has 0 radical (unpaired) electrons. The van der Waals surface area contributed by atoms with Crippen LogP contribution in [-0.2, 0) is 75.2 Å². The molecular weight excluding hydrogens is 1120 g/mol. The van der Waals surface area contributed by atoms with E-state index in [4.69, 9.17) is 19.0 Å². The topological polar surface area (TPSA) is 318 Å². The van der Waals surface area contributed by atoms with Gasteiger partial charge in [0.05, 0.1) is 26.5 Å². The Morgan fingerprint density at radius 3 is 2.00 bits per heavy atom. The van der Waals surface area contributed by atoms with E-state index in [1.54, 1.807) is 43.2 Å². The SMILES string of the molecule is CCC[N+]1=C(/C=C/C(=C/C=C2/N(CCCS(=O)(=O)O)c3ccc4c(S(=O)(=O)O)cc(S(=O)(=O)O)cc4c3C2(C)CCOC)Oc2ccc(C(=O)ON3C(=O)CCC3=O)cc2)C(C)(CCOC)c2c1ccc1ccc(S(=O)(=O)[O-])cc21. The van der Waals surface area contributed by atoms with Gasteiger partial charge in [-0.25, -0.2) is 13.2 Å². The molecule has 3 aliphatic rings. The summed E-state index contributed by atoms with van der Waals surface area (Å²) in [4.78, 5) is 42.3. The van der Waals surface area contributed by atoms with Crippen LogP contribution < -0.4 is 9.64 Å². The van der Waals surface area contributed by atoms with Crippen molar-refractivity contribution >= 4 is 96.9 Å². The number of rotatable bonds is 22. The minimum absolute atomic E-state index is 0.0134. The number of amides is 2. The molecule has 3 heterocycles. The normalized spacial score (nSPS) is 19.6. The van der Waals surface area contributed by atoms with Gasteiger partial charge in [0.1, 0.15) is 33.1 Å². The molecule has 0 saturated carbocycles. The van der Waals surface area contributed by atoms with Gasteiger partial charge in [-0.2, -0.15) is 29.8 Å². The van der Waals surface area contributed by atoms with Crippen LogP contribution in [0.15, 0.2) is 129 Å². The predicted octanol–water partition coefficient (Wildman–Crippen LogP) is 6.91. The number of carbonyl (C=O) groups excluding carboxylic acids is 3. The molecule has 0 bridgehead atoms. The van der Waals surface area contributed by atoms with Crippen molar-refractivity contribution in [3.05, 3.63) is 131 Å². The van der Waals surface area contributed by atoms with Crippen molar-refractivity contribution < 1.29 is 89.9 Å². The highest BCUT2D eigenvalue weighted by atomic mass is 32.2. The number of imide groups is 1. The van der Waals surface area contributed by atoms with E-state index in [2.05, 4.69) is 4.58 Å². The minimum Gasteiger partial charge on any atom is -0.744 e. The number of fused-ring (bicyclic) bond motifs is 6. The van der Waals surface area contributed by atoms with Gasteiger partial charge in [-0.3, -0.25) is 23.2 Å². The average molecular weight is 1180 g/mol. The van der Waals surface area contributed by atoms with Gasteiger partial charge >= 0.3 is 5.97 Å². The number of ether oxygens (including phenoxy) is 3. The highest BCUT2D eigenvalue weighted by Crippen LogP contribution is 2.54. The van der Waals surface area contributed by atoms with E-state index in [9.17, 15) is 66.3 Å². The van der Waals surface area contributed by atoms with Crippen molar-refractivity contribution in [2.45, 2.75) is 84.8 Å². The maximum absolute atomic E-state index is 13.1. The Hall–Kier alpha value is -6.72. The summed E-state index contributed by atoms with van der Waals surface area (Å²) in [6.07, 6.45) is 7.38. The first kappa shape index (κ1) is 59.4. The molecule has 2 unspecified atom stereocenters. The standard InChI is InChI=1S/C54H57N3O19S4/c1-6-26-55-43-18-11-34-10-16-38(78(64,65)66)31-41(34)50(43)53(2,24-28-73-4)46(55)20-14-37(75-36-12-8-35(9-13-36)52(60)76-57-48(58)22-23-49(57)59)15-21-47-54(3,25-29-74-5)51-42-32-39(79(67,68)69)33-45(80(70,71)72)40(42)17-19-44(51)56(47)27-7-30-77(61,62)63/h8-21,31-33H,6-7,22-30H2,1-5H3,(H3-,61,62,63,64,65,66,67,68,69,70,71,72). The van der Waals surface area contributed by atoms with Gasteiger partial charge < -0.3 is 28.5 Å². The largest absolute Gasteiger partial charge is 0.744 e. The highest BCUT2D eigenvalue weighted by molar-refractivity contribution is 7.87. The van der Waals surface area contributed by atoms with E-state index in [1.165, 1.54) is 55.6 Å². The van der Waals surface area contributed by atoms with Gasteiger partial charge in [0.2, 0.25) is 5.69 Å². The smallest absolute Gasteiger partial charge is 0.363 e. The van der Waals surface area contributed by atoms with Gasteiger partial charge in [-0.1, -0.05) is 19.1 Å². The number of hydrogen-bond acceptors (Lipinski definition) is 17. The minimum atomic E-state index is -5.14. The Kier molecular flexibility index (Phi) is 16.8. The van der Waals surface area contributed by atoms with Crippen LogP contribution in [0, 0.1) is 0 Å². The lowest BCUT2D eigenvalue weighted by atomic mass is 9.75. The lowest BCUT2D eigenvalue weighted by molar-refractivity contribution is -0.437. The first-order valence-corrected chi connectivity index (χ1v) is 30.8. The number of carbonyl (C=O) groups is 3. The van der Waals surface area contributed by atoms with Crippen molar-refractivity contribution in [3.8, 4) is 5.75 Å². The quantitative estimate of drug-likeness (QED) is 0.0208. The van der Waals surface area contributed by atoms with Gasteiger partial charge in [0.25, 0.3) is 42.2 Å². The maximum Gasteiger partial charge on any atom is 0.363 e. The average Bonchev–Trinajstić information content (AvgIpc) is 3.94. The molecule has 0 aromatic heterocycles. The number of allylic oxidation sites excluding steroid dienone is 5. The van der Waals surface area contributed by atoms with Crippen LogP contribution in [0.1, 0.15) is 80.8 Å². The molecule has 426 valence electrons. The summed E-state index contributed by atoms with van der Waals surface area (Å²) in [5.41, 5.74) is 0.938. The van der Waals surface area contributed by atoms with Crippen LogP contribution in [0.4, 0.5) is 11.4 Å². The molecular formula is C54H57N3O19S4. The third-order valence-electron chi connectivity index (χ3n) is 14.4. The summed E-state index contributed by atoms with van der Waals surface area (Å²) in [5.74, 6) is -2.78. The third kappa shape index (κ3) is 12.0. The molecule has 1 saturated heterocycles. The number of hydrogen-bond donors (Lipinski definition) is 3. The molecule has 2 atom stereocenters. The fourth-order valence-corrected chi connectivity index (χ4v) is 13.0. The number of methoxy groups -OCH3 is 2. The molecule has 3 N–H and O–H groups in total. The Morgan fingerprint density at radius 2 is 1.40 bits per heavy atom. The zero-order valence-corrected chi connectivity index (χ0v) is 47.2. The Labute approximate surface area is 462 Å². The van der Waals surface area contributed by atoms with E-state index in [-0.39, 0.29) is 73.3 Å². The molecule has 0 spiro atoms. The summed E-state index contributed by atoms with van der Waals surface area (Å²) in [6.45, 7) is 6.34. The van der Waals surface area contributed by atoms with Crippen molar-refractivity contribution in [3.63, 3.8) is 0 Å². The Balaban J connectivity index is 1.35. The lowest BCUT2D eigenvalue weighted by Crippen LogP contribution is -2.33. The summed E-state index contributed by atoms with van der Waals surface area (Å²) in [7, 11) is -16.6. The molecule has 8 rings (SSSR count). The van der Waals surface area contributed by atoms with E-state index < -0.39 is 89.5 Å². The van der Waals surface area contributed by atoms with Crippen LogP contribution >= 0.6 is 0 Å². The van der Waals surface area contributed by atoms with Crippen molar-refractivity contribution in [1.82, 2.24) is 5.06 Å². The highest BCUT2D eigenvalue weighted by Gasteiger charge is 2.49. The molecule has 5 aromatic rings. The molecule has 26 heteroatoms. The zero-order valence-electron chi connectivity index (χ0n) is 43.9. The molecule has 22 nitrogen and oxygen atoms in total. The Morgan fingerprint density at radius 1 is 0.762 bits per heavy atom. The molecule has 0 aliphatic carbocycles. The van der Waals surface area contributed by atoms with Crippen molar-refractivity contribution in [1.29, 1.82) is 0 Å². The van der Waals surface area contributed by atoms with Gasteiger partial charge in [0, 0.05) is 93.1 Å². The maximum atomic E-state index is 13.1. The first-order chi connectivity index (χ1) is 37.5. The second-order valence-electron chi connectivity index (χ2n) is 19.7. The molecule has 1 fully saturated rings. The van der Waals surface area contributed by atoms with Crippen LogP contribution in [-0.4, -0.2) is 131 Å². The predicted molar refractivity (Wildman–Crippen MR) is 291 cm³/mol. The number of anilines is 1. The van der Waals surface area contributed by atoms with Gasteiger partial charge in [0.15, 0.2) is 5.71 Å². The van der Waals surface area contributed by atoms with Crippen molar-refractivity contribution in [2.75, 3.05) is 51.2 Å². The van der Waals surface area contributed by atoms with Gasteiger partial charge in [-0.05, 0) is 134 Å². The van der Waals surface area contributed by atoms with Crippen molar-refractivity contribution in [2.24, 2.45) is 0 Å². The van der Waals surface area contributed by atoms with Crippen LogP contribution in [0.25, 0.3) is 21.5 Å². The van der Waals surface area contributed by atoms with E-state index in [1.807, 2.05) is 32.1 Å². The molecule has 3 aliphatic heterocycles. The van der Waals surface area contributed by atoms with Crippen LogP contribution in [0.5, 0.6) is 5.75 Å². The number of nitrogens with zero attached hydrogens (tertiary/aromatic N) is 3. The first-order valence-electron chi connectivity index (χ1n) is 25.0. The van der Waals surface area contributed by atoms with E-state index in [0.717, 1.165) is 17.3 Å². The fraction of sp³-hybridized carbons (Fsp3) is 0.333. The number of benzene rings is 5.